The summed E-state index contributed by atoms with van der Waals surface area (Å²) in [5.74, 6) is 0. The predicted octanol–water partition coefficient (Wildman–Crippen LogP) is 2.43. The monoisotopic (exact) mass is 232 g/mol. The van der Waals surface area contributed by atoms with E-state index in [4.69, 9.17) is 0 Å². The van der Waals surface area contributed by atoms with Gasteiger partial charge in [-0.25, -0.2) is 0 Å². The van der Waals surface area contributed by atoms with E-state index in [1.807, 2.05) is 0 Å². The van der Waals surface area contributed by atoms with Gasteiger partial charge in [-0.3, -0.25) is 4.90 Å². The second-order valence-corrected chi connectivity index (χ2v) is 4.86. The molecule has 0 radical (unpaired) electrons. The molecule has 0 saturated carbocycles. The fourth-order valence-electron chi connectivity index (χ4n) is 2.69. The molecule has 2 heteroatoms. The summed E-state index contributed by atoms with van der Waals surface area (Å²) in [5, 5.41) is 3.49. The van der Waals surface area contributed by atoms with Crippen molar-refractivity contribution in [3.05, 3.63) is 35.4 Å². The van der Waals surface area contributed by atoms with Crippen LogP contribution in [0.15, 0.2) is 24.3 Å². The lowest BCUT2D eigenvalue weighted by Crippen LogP contribution is -2.50. The third kappa shape index (κ3) is 3.08. The molecule has 0 spiro atoms. The standard InChI is InChI=1S/C15H24N2/c1-3-13-7-5-6-8-14(13)12-17-10-9-16-11-15(17)4-2/h5-8,15-16H,3-4,9-12H2,1-2H3. The summed E-state index contributed by atoms with van der Waals surface area (Å²) < 4.78 is 0. The van der Waals surface area contributed by atoms with Crippen LogP contribution in [0.2, 0.25) is 0 Å². The number of hydrogen-bond acceptors (Lipinski definition) is 2. The maximum atomic E-state index is 3.49. The van der Waals surface area contributed by atoms with Crippen molar-refractivity contribution in [3.8, 4) is 0 Å². The van der Waals surface area contributed by atoms with Gasteiger partial charge in [-0.05, 0) is 24.0 Å². The second kappa shape index (κ2) is 6.18. The van der Waals surface area contributed by atoms with E-state index in [1.54, 1.807) is 0 Å². The van der Waals surface area contributed by atoms with Crippen molar-refractivity contribution in [2.45, 2.75) is 39.3 Å². The molecule has 1 N–H and O–H groups in total. The van der Waals surface area contributed by atoms with Crippen LogP contribution >= 0.6 is 0 Å². The van der Waals surface area contributed by atoms with Gasteiger partial charge in [0.2, 0.25) is 0 Å². The molecule has 1 aromatic carbocycles. The number of benzene rings is 1. The Labute approximate surface area is 105 Å². The Kier molecular flexibility index (Phi) is 4.57. The minimum atomic E-state index is 0.702. The third-order valence-corrected chi connectivity index (χ3v) is 3.82. The molecule has 1 aliphatic heterocycles. The first-order valence-electron chi connectivity index (χ1n) is 6.86. The largest absolute Gasteiger partial charge is 0.314 e. The SMILES string of the molecule is CCc1ccccc1CN1CCNCC1CC. The van der Waals surface area contributed by atoms with E-state index in [1.165, 1.54) is 24.1 Å². The highest BCUT2D eigenvalue weighted by atomic mass is 15.2. The fourth-order valence-corrected chi connectivity index (χ4v) is 2.69. The maximum absolute atomic E-state index is 3.49. The van der Waals surface area contributed by atoms with Gasteiger partial charge in [-0.2, -0.15) is 0 Å². The van der Waals surface area contributed by atoms with Crippen LogP contribution in [0.3, 0.4) is 0 Å². The summed E-state index contributed by atoms with van der Waals surface area (Å²) in [6.07, 6.45) is 2.38. The topological polar surface area (TPSA) is 15.3 Å². The Morgan fingerprint density at radius 2 is 2.00 bits per heavy atom. The number of rotatable bonds is 4. The molecular formula is C15H24N2. The molecule has 0 bridgehead atoms. The zero-order chi connectivity index (χ0) is 12.1. The normalized spacial score (nSPS) is 21.6. The quantitative estimate of drug-likeness (QED) is 0.857. The molecule has 1 heterocycles. The predicted molar refractivity (Wildman–Crippen MR) is 73.2 cm³/mol. The molecule has 2 rings (SSSR count). The molecule has 0 aromatic heterocycles. The van der Waals surface area contributed by atoms with Crippen LogP contribution in [0, 0.1) is 0 Å². The van der Waals surface area contributed by atoms with Gasteiger partial charge in [0.1, 0.15) is 0 Å². The Morgan fingerprint density at radius 1 is 1.24 bits per heavy atom. The minimum absolute atomic E-state index is 0.702. The van der Waals surface area contributed by atoms with Crippen LogP contribution in [0.4, 0.5) is 0 Å². The molecule has 0 aliphatic carbocycles. The Bertz CT molecular complexity index is 349. The zero-order valence-corrected chi connectivity index (χ0v) is 11.1. The average Bonchev–Trinajstić information content (AvgIpc) is 2.40. The van der Waals surface area contributed by atoms with Gasteiger partial charge in [0, 0.05) is 32.2 Å². The van der Waals surface area contributed by atoms with E-state index in [-0.39, 0.29) is 0 Å². The van der Waals surface area contributed by atoms with Crippen molar-refractivity contribution in [1.29, 1.82) is 0 Å². The van der Waals surface area contributed by atoms with Crippen LogP contribution in [0.1, 0.15) is 31.4 Å². The van der Waals surface area contributed by atoms with Crippen molar-refractivity contribution in [1.82, 2.24) is 10.2 Å². The third-order valence-electron chi connectivity index (χ3n) is 3.82. The van der Waals surface area contributed by atoms with Crippen molar-refractivity contribution in [2.75, 3.05) is 19.6 Å². The van der Waals surface area contributed by atoms with Gasteiger partial charge in [0.25, 0.3) is 0 Å². The maximum Gasteiger partial charge on any atom is 0.0240 e. The van der Waals surface area contributed by atoms with E-state index in [0.29, 0.717) is 6.04 Å². The van der Waals surface area contributed by atoms with E-state index >= 15 is 0 Å². The van der Waals surface area contributed by atoms with E-state index in [0.717, 1.165) is 26.1 Å². The average molecular weight is 232 g/mol. The molecule has 1 unspecified atom stereocenters. The summed E-state index contributed by atoms with van der Waals surface area (Å²) in [6.45, 7) is 9.10. The smallest absolute Gasteiger partial charge is 0.0240 e. The number of nitrogens with zero attached hydrogens (tertiary/aromatic N) is 1. The molecule has 17 heavy (non-hydrogen) atoms. The van der Waals surface area contributed by atoms with Crippen LogP contribution in [-0.2, 0) is 13.0 Å². The molecule has 1 saturated heterocycles. The zero-order valence-electron chi connectivity index (χ0n) is 11.1. The summed E-state index contributed by atoms with van der Waals surface area (Å²) in [5.41, 5.74) is 3.01. The van der Waals surface area contributed by atoms with Gasteiger partial charge in [-0.1, -0.05) is 38.1 Å². The molecule has 1 atom stereocenters. The first-order valence-corrected chi connectivity index (χ1v) is 6.86. The molecule has 1 aliphatic rings. The molecular weight excluding hydrogens is 208 g/mol. The van der Waals surface area contributed by atoms with Crippen molar-refractivity contribution >= 4 is 0 Å². The summed E-state index contributed by atoms with van der Waals surface area (Å²) in [6, 6.07) is 9.56. The molecule has 2 nitrogen and oxygen atoms in total. The highest BCUT2D eigenvalue weighted by Gasteiger charge is 2.20. The van der Waals surface area contributed by atoms with Gasteiger partial charge >= 0.3 is 0 Å². The summed E-state index contributed by atoms with van der Waals surface area (Å²) >= 11 is 0. The van der Waals surface area contributed by atoms with Crippen molar-refractivity contribution in [3.63, 3.8) is 0 Å². The van der Waals surface area contributed by atoms with E-state index < -0.39 is 0 Å². The van der Waals surface area contributed by atoms with Gasteiger partial charge < -0.3 is 5.32 Å². The lowest BCUT2D eigenvalue weighted by Gasteiger charge is -2.36. The lowest BCUT2D eigenvalue weighted by atomic mass is 10.0. The van der Waals surface area contributed by atoms with Crippen molar-refractivity contribution in [2.24, 2.45) is 0 Å². The molecule has 0 amide bonds. The lowest BCUT2D eigenvalue weighted by molar-refractivity contribution is 0.148. The van der Waals surface area contributed by atoms with Crippen LogP contribution < -0.4 is 5.32 Å². The molecule has 1 aromatic rings. The highest BCUT2D eigenvalue weighted by molar-refractivity contribution is 5.27. The Balaban J connectivity index is 2.08. The van der Waals surface area contributed by atoms with Gasteiger partial charge in [0.15, 0.2) is 0 Å². The van der Waals surface area contributed by atoms with Crippen LogP contribution in [0.5, 0.6) is 0 Å². The Hall–Kier alpha value is -0.860. The fraction of sp³-hybridized carbons (Fsp3) is 0.600. The molecule has 1 fully saturated rings. The van der Waals surface area contributed by atoms with Crippen molar-refractivity contribution < 1.29 is 0 Å². The number of piperazine rings is 1. The number of hydrogen-bond donors (Lipinski definition) is 1. The van der Waals surface area contributed by atoms with E-state index in [2.05, 4.69) is 48.3 Å². The first-order chi connectivity index (χ1) is 8.35. The van der Waals surface area contributed by atoms with Gasteiger partial charge in [-0.15, -0.1) is 0 Å². The van der Waals surface area contributed by atoms with Crippen LogP contribution in [-0.4, -0.2) is 30.6 Å². The number of nitrogens with one attached hydrogen (secondary N) is 1. The Morgan fingerprint density at radius 3 is 2.71 bits per heavy atom. The number of aryl methyl sites for hydroxylation is 1. The summed E-state index contributed by atoms with van der Waals surface area (Å²) in [7, 11) is 0. The van der Waals surface area contributed by atoms with Crippen LogP contribution in [0.25, 0.3) is 0 Å². The second-order valence-electron chi connectivity index (χ2n) is 4.86. The highest BCUT2D eigenvalue weighted by Crippen LogP contribution is 2.16. The van der Waals surface area contributed by atoms with Gasteiger partial charge in [0.05, 0.1) is 0 Å². The molecule has 94 valence electrons. The minimum Gasteiger partial charge on any atom is -0.314 e. The summed E-state index contributed by atoms with van der Waals surface area (Å²) in [4.78, 5) is 2.63. The van der Waals surface area contributed by atoms with E-state index in [9.17, 15) is 0 Å². The first kappa shape index (κ1) is 12.6.